The Morgan fingerprint density at radius 2 is 2.00 bits per heavy atom. The number of hydrogen-bond acceptors (Lipinski definition) is 3. The Kier molecular flexibility index (Phi) is 2.91. The third kappa shape index (κ3) is 1.99. The molecule has 3 aromatic heterocycles. The third-order valence-corrected chi connectivity index (χ3v) is 4.91. The van der Waals surface area contributed by atoms with E-state index in [1.54, 1.807) is 30.5 Å². The fourth-order valence-electron chi connectivity index (χ4n) is 3.43. The van der Waals surface area contributed by atoms with Gasteiger partial charge in [0.15, 0.2) is 0 Å². The highest BCUT2D eigenvalue weighted by molar-refractivity contribution is 6.30. The number of fused-ring (bicyclic) bond motifs is 5. The molecular weight excluding hydrogens is 336 g/mol. The van der Waals surface area contributed by atoms with Crippen molar-refractivity contribution in [2.24, 2.45) is 0 Å². The normalized spacial score (nSPS) is 16.3. The monoisotopic (exact) mass is 348 g/mol. The van der Waals surface area contributed by atoms with Crippen LogP contribution in [0.3, 0.4) is 0 Å². The van der Waals surface area contributed by atoms with Crippen molar-refractivity contribution < 1.29 is 0 Å². The van der Waals surface area contributed by atoms with E-state index in [-0.39, 0.29) is 11.5 Å². The van der Waals surface area contributed by atoms with Gasteiger partial charge in [-0.2, -0.15) is 9.78 Å². The van der Waals surface area contributed by atoms with Gasteiger partial charge >= 0.3 is 0 Å². The molecule has 1 unspecified atom stereocenters. The molecular formula is C19H13ClN4O. The van der Waals surface area contributed by atoms with Gasteiger partial charge in [0.1, 0.15) is 11.0 Å². The number of pyridine rings is 1. The summed E-state index contributed by atoms with van der Waals surface area (Å²) in [6, 6.07) is 7.04. The molecule has 0 bridgehead atoms. The predicted molar refractivity (Wildman–Crippen MR) is 99.2 cm³/mol. The highest BCUT2D eigenvalue weighted by Crippen LogP contribution is 2.27. The van der Waals surface area contributed by atoms with Gasteiger partial charge in [0.2, 0.25) is 0 Å². The van der Waals surface area contributed by atoms with E-state index < -0.39 is 0 Å². The fraction of sp³-hybridized carbons (Fsp3) is 0.105. The Balaban J connectivity index is 1.85. The number of benzene rings is 1. The van der Waals surface area contributed by atoms with Gasteiger partial charge in [0.25, 0.3) is 5.56 Å². The lowest BCUT2D eigenvalue weighted by atomic mass is 9.98. The first kappa shape index (κ1) is 14.4. The maximum Gasteiger partial charge on any atom is 0.282 e. The van der Waals surface area contributed by atoms with Crippen LogP contribution in [0.15, 0.2) is 47.4 Å². The van der Waals surface area contributed by atoms with Crippen LogP contribution in [0, 0.1) is 0 Å². The Morgan fingerprint density at radius 3 is 2.80 bits per heavy atom. The van der Waals surface area contributed by atoms with Crippen LogP contribution in [0.25, 0.3) is 33.7 Å². The van der Waals surface area contributed by atoms with Crippen molar-refractivity contribution in [3.63, 3.8) is 0 Å². The van der Waals surface area contributed by atoms with Crippen molar-refractivity contribution in [2.45, 2.75) is 12.8 Å². The molecule has 1 aliphatic carbocycles. The minimum Gasteiger partial charge on any atom is -0.359 e. The molecule has 0 aliphatic heterocycles. The van der Waals surface area contributed by atoms with Gasteiger partial charge in [-0.25, -0.2) is 4.98 Å². The number of aromatic nitrogens is 4. The molecule has 5 nitrogen and oxygen atoms in total. The van der Waals surface area contributed by atoms with E-state index in [0.29, 0.717) is 21.6 Å². The van der Waals surface area contributed by atoms with Gasteiger partial charge in [-0.3, -0.25) is 4.79 Å². The minimum atomic E-state index is -0.174. The quantitative estimate of drug-likeness (QED) is 0.575. The SMILES string of the molecule is CC1C=CC=c2nc3c([nH]cc4c(=O)n(-c5ccc(Cl)cc5)nc43)c21. The summed E-state index contributed by atoms with van der Waals surface area (Å²) in [5.41, 5.74) is 3.94. The van der Waals surface area contributed by atoms with Crippen LogP contribution >= 0.6 is 11.6 Å². The summed E-state index contributed by atoms with van der Waals surface area (Å²) in [6.45, 7) is 2.13. The predicted octanol–water partition coefficient (Wildman–Crippen LogP) is 3.09. The molecule has 6 heteroatoms. The Bertz CT molecular complexity index is 1280. The highest BCUT2D eigenvalue weighted by atomic mass is 35.5. The van der Waals surface area contributed by atoms with E-state index in [1.807, 2.05) is 12.2 Å². The maximum atomic E-state index is 12.8. The van der Waals surface area contributed by atoms with Gasteiger partial charge in [-0.1, -0.05) is 30.7 Å². The van der Waals surface area contributed by atoms with Crippen molar-refractivity contribution >= 4 is 39.6 Å². The average Bonchev–Trinajstić information content (AvgIpc) is 3.15. The number of aromatic amines is 1. The number of nitrogens with one attached hydrogen (secondary N) is 1. The first-order valence-electron chi connectivity index (χ1n) is 8.01. The Labute approximate surface area is 147 Å². The van der Waals surface area contributed by atoms with Crippen LogP contribution in [0.1, 0.15) is 18.4 Å². The van der Waals surface area contributed by atoms with Crippen LogP contribution in [0.4, 0.5) is 0 Å². The van der Waals surface area contributed by atoms with E-state index in [4.69, 9.17) is 16.6 Å². The van der Waals surface area contributed by atoms with Crippen LogP contribution in [-0.4, -0.2) is 19.7 Å². The number of rotatable bonds is 1. The Hall–Kier alpha value is -2.92. The van der Waals surface area contributed by atoms with Crippen molar-refractivity contribution in [3.8, 4) is 5.69 Å². The minimum absolute atomic E-state index is 0.174. The van der Waals surface area contributed by atoms with Crippen molar-refractivity contribution in [2.75, 3.05) is 0 Å². The molecule has 0 radical (unpaired) electrons. The average molecular weight is 349 g/mol. The van der Waals surface area contributed by atoms with Crippen molar-refractivity contribution in [1.29, 1.82) is 0 Å². The molecule has 0 saturated heterocycles. The summed E-state index contributed by atoms with van der Waals surface area (Å²) in [7, 11) is 0. The van der Waals surface area contributed by atoms with Gasteiger partial charge in [-0.15, -0.1) is 0 Å². The van der Waals surface area contributed by atoms with Crippen molar-refractivity contribution in [3.05, 3.63) is 68.9 Å². The summed E-state index contributed by atoms with van der Waals surface area (Å²) < 4.78 is 1.40. The van der Waals surface area contributed by atoms with Crippen LogP contribution < -0.4 is 10.9 Å². The zero-order valence-corrected chi connectivity index (χ0v) is 14.1. The molecule has 5 rings (SSSR count). The standard InChI is InChI=1S/C19H13ClN4O/c1-10-3-2-4-14-15(10)17-18(22-14)16-13(9-21-17)19(25)24(23-16)12-7-5-11(20)6-8-12/h2-10,21H,1H3. The van der Waals surface area contributed by atoms with Crippen LogP contribution in [-0.2, 0) is 0 Å². The second-order valence-corrected chi connectivity index (χ2v) is 6.66. The molecule has 0 spiro atoms. The number of nitrogens with zero attached hydrogens (tertiary/aromatic N) is 3. The summed E-state index contributed by atoms with van der Waals surface area (Å²) in [6.07, 6.45) is 7.87. The number of halogens is 1. The van der Waals surface area contributed by atoms with E-state index in [0.717, 1.165) is 21.9 Å². The summed E-state index contributed by atoms with van der Waals surface area (Å²) in [5.74, 6) is 0.267. The molecule has 25 heavy (non-hydrogen) atoms. The molecule has 0 saturated carbocycles. The van der Waals surface area contributed by atoms with E-state index in [9.17, 15) is 4.79 Å². The van der Waals surface area contributed by atoms with E-state index in [2.05, 4.69) is 23.1 Å². The molecule has 3 heterocycles. The lowest BCUT2D eigenvalue weighted by molar-refractivity contribution is 0.864. The molecule has 0 fully saturated rings. The van der Waals surface area contributed by atoms with Crippen LogP contribution in [0.5, 0.6) is 0 Å². The molecule has 1 aliphatic rings. The van der Waals surface area contributed by atoms with Gasteiger partial charge in [0.05, 0.1) is 21.9 Å². The smallest absolute Gasteiger partial charge is 0.282 e. The first-order valence-corrected chi connectivity index (χ1v) is 8.39. The molecule has 1 N–H and O–H groups in total. The maximum absolute atomic E-state index is 12.8. The molecule has 1 atom stereocenters. The summed E-state index contributed by atoms with van der Waals surface area (Å²) in [4.78, 5) is 20.7. The topological polar surface area (TPSA) is 63.6 Å². The fourth-order valence-corrected chi connectivity index (χ4v) is 3.55. The van der Waals surface area contributed by atoms with Gasteiger partial charge in [0, 0.05) is 22.7 Å². The lowest BCUT2D eigenvalue weighted by Gasteiger charge is -2.07. The van der Waals surface area contributed by atoms with Crippen molar-refractivity contribution in [1.82, 2.24) is 19.7 Å². The first-order chi connectivity index (χ1) is 12.1. The molecule has 0 amide bonds. The van der Waals surface area contributed by atoms with E-state index >= 15 is 0 Å². The second kappa shape index (κ2) is 5.04. The zero-order chi connectivity index (χ0) is 17.1. The highest BCUT2D eigenvalue weighted by Gasteiger charge is 2.20. The lowest BCUT2D eigenvalue weighted by Crippen LogP contribution is -2.14. The van der Waals surface area contributed by atoms with Gasteiger partial charge < -0.3 is 4.98 Å². The summed E-state index contributed by atoms with van der Waals surface area (Å²) in [5, 5.41) is 6.63. The Morgan fingerprint density at radius 1 is 1.20 bits per heavy atom. The second-order valence-electron chi connectivity index (χ2n) is 6.22. The molecule has 1 aromatic carbocycles. The van der Waals surface area contributed by atoms with Crippen LogP contribution in [0.2, 0.25) is 5.02 Å². The third-order valence-electron chi connectivity index (χ3n) is 4.66. The molecule has 4 aromatic rings. The van der Waals surface area contributed by atoms with E-state index in [1.165, 1.54) is 4.68 Å². The van der Waals surface area contributed by atoms with Gasteiger partial charge in [-0.05, 0) is 30.3 Å². The number of H-pyrrole nitrogens is 1. The number of hydrogen-bond donors (Lipinski definition) is 1. The molecule has 122 valence electrons. The summed E-state index contributed by atoms with van der Waals surface area (Å²) >= 11 is 5.94. The largest absolute Gasteiger partial charge is 0.359 e. The number of allylic oxidation sites excluding steroid dienone is 2. The zero-order valence-electron chi connectivity index (χ0n) is 13.3.